The van der Waals surface area contributed by atoms with Crippen molar-refractivity contribution in [1.82, 2.24) is 9.88 Å². The van der Waals surface area contributed by atoms with Gasteiger partial charge in [0.15, 0.2) is 0 Å². The summed E-state index contributed by atoms with van der Waals surface area (Å²) in [5, 5.41) is 10.4. The fraction of sp³-hybridized carbons (Fsp3) is 0.393. The van der Waals surface area contributed by atoms with Gasteiger partial charge in [-0.3, -0.25) is 4.79 Å². The number of ether oxygens (including phenoxy) is 1. The van der Waals surface area contributed by atoms with Crippen molar-refractivity contribution in [1.29, 1.82) is 0 Å². The second-order valence-electron chi connectivity index (χ2n) is 10.6. The van der Waals surface area contributed by atoms with Crippen LogP contribution in [-0.2, 0) is 16.7 Å². The average Bonchev–Trinajstić information content (AvgIpc) is 2.74. The van der Waals surface area contributed by atoms with Gasteiger partial charge in [-0.05, 0) is 80.6 Å². The third-order valence-corrected chi connectivity index (χ3v) is 5.43. The van der Waals surface area contributed by atoms with Gasteiger partial charge in [0, 0.05) is 18.5 Å². The van der Waals surface area contributed by atoms with Gasteiger partial charge < -0.3 is 14.7 Å². The zero-order chi connectivity index (χ0) is 25.3. The number of benzene rings is 2. The lowest BCUT2D eigenvalue weighted by molar-refractivity contribution is 0.00691. The van der Waals surface area contributed by atoms with Crippen molar-refractivity contribution >= 4 is 22.8 Å². The lowest BCUT2D eigenvalue weighted by atomic mass is 9.85. The molecule has 180 valence electrons. The maximum atomic E-state index is 13.3. The molecule has 1 heterocycles. The molecule has 3 rings (SSSR count). The molecule has 0 aliphatic rings. The molecule has 1 amide bonds. The topological polar surface area (TPSA) is 79.7 Å². The molecule has 3 aromatic rings. The van der Waals surface area contributed by atoms with Crippen LogP contribution in [0.1, 0.15) is 80.4 Å². The maximum absolute atomic E-state index is 13.3. The zero-order valence-electron chi connectivity index (χ0n) is 21.1. The molecule has 1 aromatic heterocycles. The Hall–Kier alpha value is -3.41. The number of nitrogens with zero attached hydrogens (tertiary/aromatic N) is 2. The quantitative estimate of drug-likeness (QED) is 0.481. The first-order valence-corrected chi connectivity index (χ1v) is 11.5. The van der Waals surface area contributed by atoms with E-state index in [0.717, 1.165) is 16.5 Å². The lowest BCUT2D eigenvalue weighted by Gasteiger charge is -2.25. The monoisotopic (exact) mass is 462 g/mol. The van der Waals surface area contributed by atoms with Crippen molar-refractivity contribution in [2.24, 2.45) is 0 Å². The number of rotatable bonds is 5. The van der Waals surface area contributed by atoms with Crippen LogP contribution in [0.2, 0.25) is 0 Å². The number of phenols is 1. The Morgan fingerprint density at radius 1 is 0.971 bits per heavy atom. The molecule has 6 heteroatoms. The molecule has 0 unspecified atom stereocenters. The van der Waals surface area contributed by atoms with Gasteiger partial charge in [-0.2, -0.15) is 0 Å². The summed E-state index contributed by atoms with van der Waals surface area (Å²) in [7, 11) is 0. The van der Waals surface area contributed by atoms with E-state index in [4.69, 9.17) is 4.74 Å². The predicted octanol–water partition coefficient (Wildman–Crippen LogP) is 5.86. The van der Waals surface area contributed by atoms with Gasteiger partial charge in [-0.15, -0.1) is 0 Å². The van der Waals surface area contributed by atoms with E-state index in [2.05, 4.69) is 25.8 Å². The molecule has 0 fully saturated rings. The smallest absolute Gasteiger partial charge is 0.338 e. The Balaban J connectivity index is 1.93. The highest BCUT2D eigenvalue weighted by molar-refractivity contribution is 5.95. The fourth-order valence-electron chi connectivity index (χ4n) is 3.61. The minimum atomic E-state index is -0.598. The SMILES string of the molecule is CCN(Cc1cc(C(=O)OC(C)(C)C)cc(C(C)(C)C)c1)C(=O)c1ccc2cc(O)ccc2n1. The van der Waals surface area contributed by atoms with Crippen LogP contribution in [0.4, 0.5) is 0 Å². The minimum Gasteiger partial charge on any atom is -0.508 e. The van der Waals surface area contributed by atoms with E-state index in [1.807, 2.05) is 39.8 Å². The summed E-state index contributed by atoms with van der Waals surface area (Å²) < 4.78 is 5.60. The predicted molar refractivity (Wildman–Crippen MR) is 134 cm³/mol. The van der Waals surface area contributed by atoms with Crippen LogP contribution in [0.25, 0.3) is 10.9 Å². The van der Waals surface area contributed by atoms with E-state index in [9.17, 15) is 14.7 Å². The molecule has 0 spiro atoms. The average molecular weight is 463 g/mol. The molecular formula is C28H34N2O4. The van der Waals surface area contributed by atoms with Crippen molar-refractivity contribution < 1.29 is 19.4 Å². The van der Waals surface area contributed by atoms with Crippen LogP contribution in [0.5, 0.6) is 5.75 Å². The standard InChI is InChI=1S/C28H34N2O4/c1-8-30(25(32)24-11-9-19-16-22(31)10-12-23(19)29-24)17-18-13-20(26(33)34-28(5,6)7)15-21(14-18)27(2,3)4/h9-16,31H,8,17H2,1-7H3. The van der Waals surface area contributed by atoms with Crippen LogP contribution >= 0.6 is 0 Å². The van der Waals surface area contributed by atoms with Crippen LogP contribution in [-0.4, -0.2) is 39.0 Å². The molecule has 1 N–H and O–H groups in total. The van der Waals surface area contributed by atoms with Crippen molar-refractivity contribution in [2.75, 3.05) is 6.54 Å². The summed E-state index contributed by atoms with van der Waals surface area (Å²) in [5.41, 5.74) is 2.52. The molecule has 0 radical (unpaired) electrons. The summed E-state index contributed by atoms with van der Waals surface area (Å²) >= 11 is 0. The number of aromatic hydroxyl groups is 1. The third kappa shape index (κ3) is 6.13. The molecule has 2 aromatic carbocycles. The highest BCUT2D eigenvalue weighted by Gasteiger charge is 2.23. The summed E-state index contributed by atoms with van der Waals surface area (Å²) in [6.07, 6.45) is 0. The summed E-state index contributed by atoms with van der Waals surface area (Å²) in [6.45, 7) is 14.5. The molecular weight excluding hydrogens is 428 g/mol. The van der Waals surface area contributed by atoms with E-state index in [1.165, 1.54) is 0 Å². The lowest BCUT2D eigenvalue weighted by Crippen LogP contribution is -2.31. The van der Waals surface area contributed by atoms with Crippen molar-refractivity contribution in [3.8, 4) is 5.75 Å². The maximum Gasteiger partial charge on any atom is 0.338 e. The van der Waals surface area contributed by atoms with E-state index in [1.54, 1.807) is 41.3 Å². The zero-order valence-corrected chi connectivity index (χ0v) is 21.1. The van der Waals surface area contributed by atoms with Crippen LogP contribution in [0, 0.1) is 0 Å². The highest BCUT2D eigenvalue weighted by Crippen LogP contribution is 2.27. The number of hydrogen-bond acceptors (Lipinski definition) is 5. The van der Waals surface area contributed by atoms with Gasteiger partial charge in [-0.1, -0.05) is 32.9 Å². The minimum absolute atomic E-state index is 0.156. The molecule has 0 saturated carbocycles. The van der Waals surface area contributed by atoms with Crippen LogP contribution < -0.4 is 0 Å². The Morgan fingerprint density at radius 3 is 2.29 bits per heavy atom. The molecule has 6 nitrogen and oxygen atoms in total. The van der Waals surface area contributed by atoms with Gasteiger partial charge in [0.25, 0.3) is 5.91 Å². The van der Waals surface area contributed by atoms with Crippen LogP contribution in [0.3, 0.4) is 0 Å². The van der Waals surface area contributed by atoms with Gasteiger partial charge in [0.1, 0.15) is 17.0 Å². The number of hydrogen-bond donors (Lipinski definition) is 1. The first kappa shape index (κ1) is 25.2. The second kappa shape index (κ2) is 9.45. The largest absolute Gasteiger partial charge is 0.508 e. The van der Waals surface area contributed by atoms with Crippen molar-refractivity contribution in [3.63, 3.8) is 0 Å². The molecule has 0 aliphatic heterocycles. The van der Waals surface area contributed by atoms with Crippen LogP contribution in [0.15, 0.2) is 48.5 Å². The molecule has 34 heavy (non-hydrogen) atoms. The molecule has 0 aliphatic carbocycles. The van der Waals surface area contributed by atoms with Gasteiger partial charge >= 0.3 is 5.97 Å². The van der Waals surface area contributed by atoms with E-state index in [0.29, 0.717) is 29.9 Å². The summed E-state index contributed by atoms with van der Waals surface area (Å²) in [5.74, 6) is -0.422. The first-order chi connectivity index (χ1) is 15.8. The Kier molecular flexibility index (Phi) is 7.01. The number of aromatic nitrogens is 1. The molecule has 0 atom stereocenters. The number of amides is 1. The highest BCUT2D eigenvalue weighted by atomic mass is 16.6. The molecule has 0 saturated heterocycles. The van der Waals surface area contributed by atoms with Gasteiger partial charge in [0.05, 0.1) is 11.1 Å². The number of carbonyl (C=O) groups is 2. The second-order valence-corrected chi connectivity index (χ2v) is 10.6. The van der Waals surface area contributed by atoms with E-state index >= 15 is 0 Å². The normalized spacial score (nSPS) is 12.0. The number of pyridine rings is 1. The van der Waals surface area contributed by atoms with Gasteiger partial charge in [-0.25, -0.2) is 9.78 Å². The first-order valence-electron chi connectivity index (χ1n) is 11.5. The van der Waals surface area contributed by atoms with E-state index in [-0.39, 0.29) is 23.0 Å². The van der Waals surface area contributed by atoms with Gasteiger partial charge in [0.2, 0.25) is 0 Å². The van der Waals surface area contributed by atoms with Crippen molar-refractivity contribution in [3.05, 3.63) is 70.9 Å². The van der Waals surface area contributed by atoms with Crippen molar-refractivity contribution in [2.45, 2.75) is 66.0 Å². The Labute approximate surface area is 201 Å². The number of phenolic OH excluding ortho intramolecular Hbond substituents is 1. The summed E-state index contributed by atoms with van der Waals surface area (Å²) in [6, 6.07) is 14.0. The number of carbonyl (C=O) groups excluding carboxylic acids is 2. The molecule has 0 bridgehead atoms. The number of esters is 1. The third-order valence-electron chi connectivity index (χ3n) is 5.43. The number of fused-ring (bicyclic) bond motifs is 1. The Morgan fingerprint density at radius 2 is 1.68 bits per heavy atom. The Bertz CT molecular complexity index is 1220. The summed E-state index contributed by atoms with van der Waals surface area (Å²) in [4.78, 5) is 32.3. The fourth-order valence-corrected chi connectivity index (χ4v) is 3.61. The van der Waals surface area contributed by atoms with E-state index < -0.39 is 5.60 Å².